The van der Waals surface area contributed by atoms with Crippen LogP contribution in [0, 0.1) is 28.1 Å². The summed E-state index contributed by atoms with van der Waals surface area (Å²) >= 11 is 0. The van der Waals surface area contributed by atoms with Gasteiger partial charge in [0.05, 0.1) is 31.0 Å². The number of hydrogen-bond donors (Lipinski definition) is 0. The van der Waals surface area contributed by atoms with Gasteiger partial charge in [-0.05, 0) is 28.6 Å². The zero-order chi connectivity index (χ0) is 25.6. The van der Waals surface area contributed by atoms with Crippen molar-refractivity contribution in [1.82, 2.24) is 0 Å². The molecular formula is C32H23N3O2. The Kier molecular flexibility index (Phi) is 5.29. The van der Waals surface area contributed by atoms with Gasteiger partial charge in [-0.15, -0.1) is 0 Å². The molecule has 4 aromatic rings. The van der Waals surface area contributed by atoms with Crippen LogP contribution < -0.4 is 9.64 Å². The van der Waals surface area contributed by atoms with Crippen molar-refractivity contribution in [3.8, 4) is 17.9 Å². The first-order chi connectivity index (χ1) is 18.1. The second kappa shape index (κ2) is 8.66. The van der Waals surface area contributed by atoms with Crippen molar-refractivity contribution in [3.05, 3.63) is 114 Å². The van der Waals surface area contributed by atoms with Gasteiger partial charge < -0.3 is 9.64 Å². The number of ketones is 1. The molecule has 2 aliphatic heterocycles. The summed E-state index contributed by atoms with van der Waals surface area (Å²) in [6, 6.07) is 32.0. The summed E-state index contributed by atoms with van der Waals surface area (Å²) in [6.07, 6.45) is 3.89. The van der Waals surface area contributed by atoms with Crippen LogP contribution in [0.2, 0.25) is 0 Å². The molecule has 178 valence electrons. The molecule has 0 radical (unpaired) electrons. The molecule has 0 aliphatic carbocycles. The van der Waals surface area contributed by atoms with E-state index in [-0.39, 0.29) is 5.78 Å². The zero-order valence-corrected chi connectivity index (χ0v) is 20.2. The number of rotatable bonds is 4. The predicted octanol–water partition coefficient (Wildman–Crippen LogP) is 6.13. The summed E-state index contributed by atoms with van der Waals surface area (Å²) in [4.78, 5) is 16.4. The third-order valence-electron chi connectivity index (χ3n) is 7.67. The smallest absolute Gasteiger partial charge is 0.185 e. The van der Waals surface area contributed by atoms with Crippen molar-refractivity contribution in [2.24, 2.45) is 5.41 Å². The fourth-order valence-corrected chi connectivity index (χ4v) is 6.03. The maximum atomic E-state index is 14.4. The Balaban J connectivity index is 1.68. The fourth-order valence-electron chi connectivity index (χ4n) is 6.03. The molecule has 5 heteroatoms. The van der Waals surface area contributed by atoms with Crippen molar-refractivity contribution < 1.29 is 9.53 Å². The van der Waals surface area contributed by atoms with Gasteiger partial charge in [0.2, 0.25) is 0 Å². The first-order valence-corrected chi connectivity index (χ1v) is 12.2. The van der Waals surface area contributed by atoms with Gasteiger partial charge in [0.15, 0.2) is 11.2 Å². The van der Waals surface area contributed by atoms with Crippen molar-refractivity contribution in [1.29, 1.82) is 10.5 Å². The normalized spacial score (nSPS) is 20.9. The first kappa shape index (κ1) is 22.6. The van der Waals surface area contributed by atoms with Gasteiger partial charge in [0.25, 0.3) is 0 Å². The van der Waals surface area contributed by atoms with Crippen molar-refractivity contribution in [2.45, 2.75) is 18.0 Å². The van der Waals surface area contributed by atoms with Crippen LogP contribution in [-0.2, 0) is 0 Å². The molecule has 0 aromatic heterocycles. The molecule has 0 amide bonds. The van der Waals surface area contributed by atoms with Crippen molar-refractivity contribution in [2.75, 3.05) is 12.0 Å². The molecule has 0 N–H and O–H groups in total. The van der Waals surface area contributed by atoms with E-state index in [9.17, 15) is 15.3 Å². The summed E-state index contributed by atoms with van der Waals surface area (Å²) in [7, 11) is 1.58. The number of benzene rings is 4. The Bertz CT molecular complexity index is 1630. The van der Waals surface area contributed by atoms with Gasteiger partial charge in [-0.3, -0.25) is 4.79 Å². The molecule has 6 rings (SSSR count). The van der Waals surface area contributed by atoms with E-state index in [1.165, 1.54) is 0 Å². The number of Topliss-reactive ketones (excluding diaryl/α,β-unsaturated/α-hetero) is 1. The van der Waals surface area contributed by atoms with Crippen LogP contribution in [0.4, 0.5) is 5.69 Å². The number of anilines is 1. The third-order valence-corrected chi connectivity index (χ3v) is 7.67. The number of carbonyl (C=O) groups excluding carboxylic acids is 1. The lowest BCUT2D eigenvalue weighted by molar-refractivity contribution is 0.0951. The SMILES string of the molecule is COc1cccc(C2C(C(=O)c3ccccc3)N3c4c(ccc5ccccc45)C=CC3C2(C#N)C#N)c1. The topological polar surface area (TPSA) is 77.1 Å². The van der Waals surface area contributed by atoms with Crippen LogP contribution in [0.1, 0.15) is 27.4 Å². The fraction of sp³-hybridized carbons (Fsp3) is 0.156. The average molecular weight is 482 g/mol. The molecule has 0 saturated carbocycles. The van der Waals surface area contributed by atoms with Crippen LogP contribution in [0.15, 0.2) is 97.1 Å². The van der Waals surface area contributed by atoms with Gasteiger partial charge in [-0.2, -0.15) is 10.5 Å². The number of methoxy groups -OCH3 is 1. The standard InChI is InChI=1S/C32H23N3O2/c1-37-25-12-7-11-24(18-25)28-30(31(36)23-9-3-2-4-10-23)35-27(32(28,19-33)20-34)17-16-22-15-14-21-8-5-6-13-26(21)29(22)35/h2-18,27-28,30H,1H3. The number of carbonyl (C=O) groups is 1. The van der Waals surface area contributed by atoms with E-state index in [0.717, 1.165) is 27.6 Å². The second-order valence-electron chi connectivity index (χ2n) is 9.46. The summed E-state index contributed by atoms with van der Waals surface area (Å²) in [5, 5.41) is 23.4. The number of nitriles is 2. The predicted molar refractivity (Wildman–Crippen MR) is 143 cm³/mol. The van der Waals surface area contributed by atoms with Crippen LogP contribution >= 0.6 is 0 Å². The van der Waals surface area contributed by atoms with Gasteiger partial charge in [-0.25, -0.2) is 0 Å². The Hall–Kier alpha value is -4.87. The highest BCUT2D eigenvalue weighted by atomic mass is 16.5. The molecule has 3 atom stereocenters. The van der Waals surface area contributed by atoms with Crippen LogP contribution in [0.5, 0.6) is 5.75 Å². The Labute approximate surface area is 215 Å². The van der Waals surface area contributed by atoms with E-state index in [1.807, 2.05) is 89.8 Å². The number of nitrogens with zero attached hydrogens (tertiary/aromatic N) is 3. The molecule has 2 aliphatic rings. The third kappa shape index (κ3) is 3.25. The summed E-state index contributed by atoms with van der Waals surface area (Å²) in [6.45, 7) is 0. The molecule has 37 heavy (non-hydrogen) atoms. The van der Waals surface area contributed by atoms with E-state index in [2.05, 4.69) is 18.2 Å². The molecule has 1 saturated heterocycles. The molecule has 0 spiro atoms. The minimum atomic E-state index is -1.51. The quantitative estimate of drug-likeness (QED) is 0.328. The van der Waals surface area contributed by atoms with Crippen LogP contribution in [-0.4, -0.2) is 25.0 Å². The molecule has 1 fully saturated rings. The maximum absolute atomic E-state index is 14.4. The van der Waals surface area contributed by atoms with Crippen molar-refractivity contribution in [3.63, 3.8) is 0 Å². The van der Waals surface area contributed by atoms with Gasteiger partial charge in [0.1, 0.15) is 11.8 Å². The lowest BCUT2D eigenvalue weighted by Crippen LogP contribution is -2.44. The van der Waals surface area contributed by atoms with E-state index in [1.54, 1.807) is 19.2 Å². The summed E-state index contributed by atoms with van der Waals surface area (Å²) in [5.41, 5.74) is 1.59. The highest BCUT2D eigenvalue weighted by molar-refractivity contribution is 6.08. The van der Waals surface area contributed by atoms with E-state index < -0.39 is 23.4 Å². The zero-order valence-electron chi connectivity index (χ0n) is 20.2. The van der Waals surface area contributed by atoms with Crippen LogP contribution in [0.25, 0.3) is 16.8 Å². The molecule has 3 unspecified atom stereocenters. The maximum Gasteiger partial charge on any atom is 0.185 e. The van der Waals surface area contributed by atoms with E-state index in [0.29, 0.717) is 11.3 Å². The number of hydrogen-bond acceptors (Lipinski definition) is 5. The Morgan fingerprint density at radius 3 is 2.43 bits per heavy atom. The minimum Gasteiger partial charge on any atom is -0.497 e. The lowest BCUT2D eigenvalue weighted by Gasteiger charge is -2.36. The Morgan fingerprint density at radius 2 is 1.68 bits per heavy atom. The summed E-state index contributed by atoms with van der Waals surface area (Å²) < 4.78 is 5.48. The number of ether oxygens (including phenoxy) is 1. The molecule has 4 aromatic carbocycles. The van der Waals surface area contributed by atoms with Crippen molar-refractivity contribution >= 4 is 28.3 Å². The largest absolute Gasteiger partial charge is 0.497 e. The van der Waals surface area contributed by atoms with Gasteiger partial charge >= 0.3 is 0 Å². The summed E-state index contributed by atoms with van der Waals surface area (Å²) in [5.74, 6) is -0.232. The Morgan fingerprint density at radius 1 is 0.919 bits per heavy atom. The van der Waals surface area contributed by atoms with Gasteiger partial charge in [-0.1, -0.05) is 91.0 Å². The highest BCUT2D eigenvalue weighted by Gasteiger charge is 2.63. The molecule has 2 heterocycles. The van der Waals surface area contributed by atoms with Crippen LogP contribution in [0.3, 0.4) is 0 Å². The van der Waals surface area contributed by atoms with E-state index >= 15 is 0 Å². The second-order valence-corrected chi connectivity index (χ2v) is 9.46. The molecule has 5 nitrogen and oxygen atoms in total. The average Bonchev–Trinajstić information content (AvgIpc) is 3.27. The lowest BCUT2D eigenvalue weighted by atomic mass is 9.69. The highest BCUT2D eigenvalue weighted by Crippen LogP contribution is 2.56. The first-order valence-electron chi connectivity index (χ1n) is 12.2. The monoisotopic (exact) mass is 481 g/mol. The van der Waals surface area contributed by atoms with E-state index in [4.69, 9.17) is 4.74 Å². The molecule has 0 bridgehead atoms. The number of fused-ring (bicyclic) bond motifs is 5. The molecular weight excluding hydrogens is 458 g/mol. The minimum absolute atomic E-state index is 0.125. The van der Waals surface area contributed by atoms with Gasteiger partial charge in [0, 0.05) is 16.9 Å².